The van der Waals surface area contributed by atoms with E-state index in [4.69, 9.17) is 4.74 Å². The van der Waals surface area contributed by atoms with Gasteiger partial charge >= 0.3 is 0 Å². The lowest BCUT2D eigenvalue weighted by molar-refractivity contribution is -0.118. The average Bonchev–Trinajstić information content (AvgIpc) is 2.78. The summed E-state index contributed by atoms with van der Waals surface area (Å²) in [6, 6.07) is 21.7. The van der Waals surface area contributed by atoms with Crippen LogP contribution in [0.3, 0.4) is 0 Å². The maximum atomic E-state index is 12.7. The summed E-state index contributed by atoms with van der Waals surface area (Å²) < 4.78 is 7.02. The van der Waals surface area contributed by atoms with Crippen molar-refractivity contribution in [2.24, 2.45) is 0 Å². The van der Waals surface area contributed by atoms with Crippen LogP contribution in [0.25, 0.3) is 6.08 Å². The van der Waals surface area contributed by atoms with Gasteiger partial charge in [-0.05, 0) is 64.8 Å². The average molecular weight is 569 g/mol. The van der Waals surface area contributed by atoms with E-state index in [1.807, 2.05) is 43.3 Å². The first-order valence-electron chi connectivity index (χ1n) is 9.83. The Morgan fingerprint density at radius 3 is 2.42 bits per heavy atom. The predicted octanol–water partition coefficient (Wildman–Crippen LogP) is 6.08. The molecular weight excluding hydrogens is 550 g/mol. The van der Waals surface area contributed by atoms with Crippen molar-refractivity contribution >= 4 is 61.1 Å². The minimum atomic E-state index is -0.546. The smallest absolute Gasteiger partial charge is 0.266 e. The molecule has 0 heterocycles. The number of nitrogens with zero attached hydrogens (tertiary/aromatic N) is 1. The van der Waals surface area contributed by atoms with Crippen molar-refractivity contribution in [3.63, 3.8) is 0 Å². The number of nitriles is 1. The molecule has 33 heavy (non-hydrogen) atoms. The molecule has 0 unspecified atom stereocenters. The van der Waals surface area contributed by atoms with E-state index in [0.717, 1.165) is 5.56 Å². The van der Waals surface area contributed by atoms with Crippen molar-refractivity contribution in [3.8, 4) is 11.8 Å². The van der Waals surface area contributed by atoms with Crippen LogP contribution in [-0.4, -0.2) is 18.4 Å². The van der Waals surface area contributed by atoms with Crippen molar-refractivity contribution in [1.29, 1.82) is 5.26 Å². The topological polar surface area (TPSA) is 91.2 Å². The van der Waals surface area contributed by atoms with Crippen LogP contribution in [0.5, 0.6) is 5.75 Å². The molecular formula is C25H19Br2N3O3. The zero-order valence-electron chi connectivity index (χ0n) is 17.6. The second-order valence-corrected chi connectivity index (χ2v) is 8.72. The number of hydrogen-bond acceptors (Lipinski definition) is 4. The van der Waals surface area contributed by atoms with Crippen LogP contribution >= 0.6 is 31.9 Å². The largest absolute Gasteiger partial charge is 0.482 e. The quantitative estimate of drug-likeness (QED) is 0.267. The highest BCUT2D eigenvalue weighted by molar-refractivity contribution is 9.11. The van der Waals surface area contributed by atoms with E-state index in [9.17, 15) is 14.9 Å². The molecule has 8 heteroatoms. The van der Waals surface area contributed by atoms with Crippen LogP contribution in [0.1, 0.15) is 11.1 Å². The second-order valence-electron chi connectivity index (χ2n) is 6.95. The van der Waals surface area contributed by atoms with Crippen molar-refractivity contribution in [2.45, 2.75) is 6.92 Å². The lowest BCUT2D eigenvalue weighted by Gasteiger charge is -2.13. The molecule has 0 spiro atoms. The molecule has 0 radical (unpaired) electrons. The molecule has 0 saturated heterocycles. The zero-order valence-corrected chi connectivity index (χ0v) is 20.7. The van der Waals surface area contributed by atoms with Gasteiger partial charge in [0.05, 0.1) is 4.47 Å². The molecule has 166 valence electrons. The molecule has 3 aromatic rings. The summed E-state index contributed by atoms with van der Waals surface area (Å²) in [6.07, 6.45) is 1.42. The Morgan fingerprint density at radius 1 is 1.03 bits per heavy atom. The molecule has 0 saturated carbocycles. The summed E-state index contributed by atoms with van der Waals surface area (Å²) >= 11 is 6.83. The molecule has 2 amide bonds. The molecule has 0 aliphatic rings. The highest BCUT2D eigenvalue weighted by Crippen LogP contribution is 2.34. The Hall–Kier alpha value is -3.41. The normalized spacial score (nSPS) is 10.8. The first kappa shape index (κ1) is 24.2. The van der Waals surface area contributed by atoms with Crippen molar-refractivity contribution in [1.82, 2.24) is 0 Å². The summed E-state index contributed by atoms with van der Waals surface area (Å²) in [5.41, 5.74) is 2.50. The molecule has 0 aliphatic heterocycles. The highest BCUT2D eigenvalue weighted by atomic mass is 79.9. The van der Waals surface area contributed by atoms with Crippen LogP contribution in [0.15, 0.2) is 81.2 Å². The van der Waals surface area contributed by atoms with E-state index in [-0.39, 0.29) is 18.1 Å². The Kier molecular flexibility index (Phi) is 8.41. The van der Waals surface area contributed by atoms with E-state index in [0.29, 0.717) is 31.6 Å². The summed E-state index contributed by atoms with van der Waals surface area (Å²) in [7, 11) is 0. The summed E-state index contributed by atoms with van der Waals surface area (Å²) in [4.78, 5) is 25.0. The molecule has 0 fully saturated rings. The van der Waals surface area contributed by atoms with Gasteiger partial charge in [0.1, 0.15) is 17.4 Å². The Bertz CT molecular complexity index is 1250. The number of halogens is 2. The van der Waals surface area contributed by atoms with Crippen molar-refractivity contribution < 1.29 is 14.3 Å². The fourth-order valence-electron chi connectivity index (χ4n) is 2.90. The van der Waals surface area contributed by atoms with Gasteiger partial charge < -0.3 is 15.4 Å². The number of anilines is 2. The molecule has 6 nitrogen and oxygen atoms in total. The van der Waals surface area contributed by atoms with Gasteiger partial charge in [0.25, 0.3) is 11.8 Å². The third kappa shape index (κ3) is 6.78. The van der Waals surface area contributed by atoms with E-state index in [2.05, 4.69) is 42.5 Å². The number of benzene rings is 3. The van der Waals surface area contributed by atoms with Crippen LogP contribution in [0.4, 0.5) is 11.4 Å². The van der Waals surface area contributed by atoms with Gasteiger partial charge in [-0.3, -0.25) is 9.59 Å². The van der Waals surface area contributed by atoms with E-state index >= 15 is 0 Å². The summed E-state index contributed by atoms with van der Waals surface area (Å²) in [5, 5.41) is 15.1. The van der Waals surface area contributed by atoms with Crippen LogP contribution in [0.2, 0.25) is 0 Å². The number of nitrogens with one attached hydrogen (secondary N) is 2. The van der Waals surface area contributed by atoms with E-state index in [1.54, 1.807) is 36.4 Å². The van der Waals surface area contributed by atoms with Gasteiger partial charge in [0.2, 0.25) is 0 Å². The lowest BCUT2D eigenvalue weighted by Crippen LogP contribution is -2.20. The van der Waals surface area contributed by atoms with Gasteiger partial charge in [-0.1, -0.05) is 52.3 Å². The Balaban J connectivity index is 1.82. The number of para-hydroxylation sites is 2. The minimum absolute atomic E-state index is 0.109. The van der Waals surface area contributed by atoms with E-state index in [1.165, 1.54) is 6.08 Å². The molecule has 0 bridgehead atoms. The fraction of sp³-hybridized carbons (Fsp3) is 0.0800. The maximum absolute atomic E-state index is 12.7. The van der Waals surface area contributed by atoms with Crippen molar-refractivity contribution in [2.75, 3.05) is 17.2 Å². The number of rotatable bonds is 7. The number of hydrogen-bond donors (Lipinski definition) is 2. The number of ether oxygens (including phenoxy) is 1. The molecule has 3 aromatic carbocycles. The number of carbonyl (C=O) groups excluding carboxylic acids is 2. The third-order valence-corrected chi connectivity index (χ3v) is 5.55. The third-order valence-electron chi connectivity index (χ3n) is 4.50. The lowest BCUT2D eigenvalue weighted by atomic mass is 10.1. The number of amides is 2. The second kappa shape index (κ2) is 11.5. The fourth-order valence-corrected chi connectivity index (χ4v) is 4.28. The molecule has 0 aromatic heterocycles. The monoisotopic (exact) mass is 567 g/mol. The Labute approximate surface area is 208 Å². The minimum Gasteiger partial charge on any atom is -0.482 e. The summed E-state index contributed by atoms with van der Waals surface area (Å²) in [6.45, 7) is 1.61. The summed E-state index contributed by atoms with van der Waals surface area (Å²) in [5.74, 6) is -0.558. The van der Waals surface area contributed by atoms with Crippen LogP contribution in [0, 0.1) is 18.3 Å². The van der Waals surface area contributed by atoms with E-state index < -0.39 is 5.91 Å². The van der Waals surface area contributed by atoms with Crippen LogP contribution in [-0.2, 0) is 9.59 Å². The first-order valence-corrected chi connectivity index (χ1v) is 11.4. The van der Waals surface area contributed by atoms with Gasteiger partial charge in [0, 0.05) is 21.4 Å². The maximum Gasteiger partial charge on any atom is 0.266 e. The standard InChI is InChI=1S/C25H19Br2N3O3/c1-16-7-5-6-10-22(16)30-25(32)18(14-28)11-17-12-19(26)13-21(27)24(17)33-15-23(31)29-20-8-3-2-4-9-20/h2-13H,15H2,1H3,(H,29,31)(H,30,32)/b18-11-. The van der Waals surface area contributed by atoms with Gasteiger partial charge in [-0.25, -0.2) is 0 Å². The molecule has 2 N–H and O–H groups in total. The molecule has 0 atom stereocenters. The van der Waals surface area contributed by atoms with Crippen LogP contribution < -0.4 is 15.4 Å². The van der Waals surface area contributed by atoms with Gasteiger partial charge in [0.15, 0.2) is 6.61 Å². The highest BCUT2D eigenvalue weighted by Gasteiger charge is 2.16. The van der Waals surface area contributed by atoms with Gasteiger partial charge in [-0.15, -0.1) is 0 Å². The number of carbonyl (C=O) groups is 2. The van der Waals surface area contributed by atoms with Gasteiger partial charge in [-0.2, -0.15) is 5.26 Å². The number of aryl methyl sites for hydroxylation is 1. The Morgan fingerprint density at radius 2 is 1.73 bits per heavy atom. The molecule has 0 aliphatic carbocycles. The zero-order chi connectivity index (χ0) is 23.8. The molecule has 3 rings (SSSR count). The SMILES string of the molecule is Cc1ccccc1NC(=O)/C(C#N)=C\c1cc(Br)cc(Br)c1OCC(=O)Nc1ccccc1. The first-order chi connectivity index (χ1) is 15.9. The van der Waals surface area contributed by atoms with Crippen molar-refractivity contribution in [3.05, 3.63) is 92.4 Å². The predicted molar refractivity (Wildman–Crippen MR) is 136 cm³/mol.